The zero-order valence-electron chi connectivity index (χ0n) is 12.9. The molecule has 3 saturated heterocycles. The van der Waals surface area contributed by atoms with Gasteiger partial charge in [0.15, 0.2) is 0 Å². The first-order chi connectivity index (χ1) is 9.85. The molecule has 4 atom stereocenters. The van der Waals surface area contributed by atoms with Gasteiger partial charge in [-0.15, -0.1) is 0 Å². The van der Waals surface area contributed by atoms with Crippen molar-refractivity contribution in [2.75, 3.05) is 26.2 Å². The average molecular weight is 277 g/mol. The van der Waals surface area contributed by atoms with Crippen molar-refractivity contribution < 1.29 is 0 Å². The van der Waals surface area contributed by atoms with Crippen LogP contribution in [0.4, 0.5) is 0 Å². The van der Waals surface area contributed by atoms with E-state index in [-0.39, 0.29) is 0 Å². The van der Waals surface area contributed by atoms with Gasteiger partial charge in [0.2, 0.25) is 0 Å². The monoisotopic (exact) mass is 277 g/mol. The van der Waals surface area contributed by atoms with E-state index in [9.17, 15) is 0 Å². The van der Waals surface area contributed by atoms with Gasteiger partial charge in [-0.2, -0.15) is 0 Å². The van der Waals surface area contributed by atoms with Crippen LogP contribution >= 0.6 is 0 Å². The smallest absolute Gasteiger partial charge is 0.0501 e. The second-order valence-corrected chi connectivity index (χ2v) is 7.70. The molecule has 3 heterocycles. The largest absolute Gasteiger partial charge is 0.329 e. The summed E-state index contributed by atoms with van der Waals surface area (Å²) in [6.45, 7) is 4.84. The van der Waals surface area contributed by atoms with Gasteiger partial charge in [-0.1, -0.05) is 12.8 Å². The van der Waals surface area contributed by atoms with Crippen LogP contribution in [0.1, 0.15) is 57.8 Å². The highest BCUT2D eigenvalue weighted by Gasteiger charge is 2.54. The van der Waals surface area contributed by atoms with Crippen LogP contribution in [0.2, 0.25) is 0 Å². The van der Waals surface area contributed by atoms with Crippen molar-refractivity contribution in [2.24, 2.45) is 11.7 Å². The van der Waals surface area contributed by atoms with Crippen molar-refractivity contribution in [3.8, 4) is 0 Å². The molecular weight excluding hydrogens is 246 g/mol. The lowest BCUT2D eigenvalue weighted by Crippen LogP contribution is -2.65. The number of nitrogens with zero attached hydrogens (tertiary/aromatic N) is 2. The first kappa shape index (κ1) is 13.5. The zero-order chi connectivity index (χ0) is 13.6. The minimum atomic E-state index is 0.331. The van der Waals surface area contributed by atoms with Crippen molar-refractivity contribution in [3.63, 3.8) is 0 Å². The van der Waals surface area contributed by atoms with Gasteiger partial charge in [-0.25, -0.2) is 0 Å². The van der Waals surface area contributed by atoms with E-state index >= 15 is 0 Å². The number of hydrogen-bond donors (Lipinski definition) is 1. The Balaban J connectivity index is 1.62. The number of likely N-dealkylation sites (tertiary alicyclic amines) is 1. The molecular formula is C17H31N3. The van der Waals surface area contributed by atoms with Gasteiger partial charge >= 0.3 is 0 Å². The molecule has 3 aliphatic heterocycles. The fourth-order valence-electron chi connectivity index (χ4n) is 6.07. The van der Waals surface area contributed by atoms with Gasteiger partial charge < -0.3 is 5.73 Å². The van der Waals surface area contributed by atoms with Crippen molar-refractivity contribution in [2.45, 2.75) is 75.4 Å². The molecule has 1 saturated carbocycles. The molecule has 4 aliphatic rings. The maximum atomic E-state index is 6.41. The van der Waals surface area contributed by atoms with Crippen molar-refractivity contribution in [1.29, 1.82) is 0 Å². The lowest BCUT2D eigenvalue weighted by Gasteiger charge is -2.54. The Morgan fingerprint density at radius 3 is 2.60 bits per heavy atom. The quantitative estimate of drug-likeness (QED) is 0.840. The average Bonchev–Trinajstić information content (AvgIpc) is 3.09. The first-order valence-corrected chi connectivity index (χ1v) is 9.06. The van der Waals surface area contributed by atoms with E-state index in [1.807, 2.05) is 0 Å². The summed E-state index contributed by atoms with van der Waals surface area (Å²) in [4.78, 5) is 5.69. The standard InChI is InChI=1S/C17H31N3/c18-13-17(9-12-19-10-4-8-16(17)19)20-11-3-6-14-5-1-2-7-15(14)20/h14-16H,1-13,18H2. The van der Waals surface area contributed by atoms with Crippen molar-refractivity contribution in [1.82, 2.24) is 9.80 Å². The van der Waals surface area contributed by atoms with E-state index in [1.54, 1.807) is 0 Å². The summed E-state index contributed by atoms with van der Waals surface area (Å²) in [5, 5.41) is 0. The molecule has 0 aromatic rings. The van der Waals surface area contributed by atoms with E-state index in [4.69, 9.17) is 5.73 Å². The molecule has 0 bridgehead atoms. The molecule has 4 fully saturated rings. The Morgan fingerprint density at radius 2 is 1.70 bits per heavy atom. The summed E-state index contributed by atoms with van der Waals surface area (Å²) in [7, 11) is 0. The van der Waals surface area contributed by atoms with Crippen LogP contribution in [-0.4, -0.2) is 53.6 Å². The third-order valence-electron chi connectivity index (χ3n) is 6.98. The topological polar surface area (TPSA) is 32.5 Å². The molecule has 20 heavy (non-hydrogen) atoms. The van der Waals surface area contributed by atoms with Crippen LogP contribution in [0.15, 0.2) is 0 Å². The minimum Gasteiger partial charge on any atom is -0.329 e. The Kier molecular flexibility index (Phi) is 3.56. The summed E-state index contributed by atoms with van der Waals surface area (Å²) in [5.74, 6) is 0.983. The predicted octanol–water partition coefficient (Wildman–Crippen LogP) is 2.21. The van der Waals surface area contributed by atoms with Crippen LogP contribution in [-0.2, 0) is 0 Å². The second-order valence-electron chi connectivity index (χ2n) is 7.70. The van der Waals surface area contributed by atoms with E-state index < -0.39 is 0 Å². The van der Waals surface area contributed by atoms with E-state index in [0.29, 0.717) is 5.54 Å². The third-order valence-corrected chi connectivity index (χ3v) is 6.98. The highest BCUT2D eigenvalue weighted by Crippen LogP contribution is 2.46. The van der Waals surface area contributed by atoms with Gasteiger partial charge in [0.05, 0.1) is 5.54 Å². The Morgan fingerprint density at radius 1 is 0.900 bits per heavy atom. The Labute approximate surface area is 123 Å². The summed E-state index contributed by atoms with van der Waals surface area (Å²) in [5.41, 5.74) is 6.74. The normalized spacial score (nSPS) is 46.4. The molecule has 4 unspecified atom stereocenters. The predicted molar refractivity (Wildman–Crippen MR) is 82.7 cm³/mol. The molecule has 1 aliphatic carbocycles. The molecule has 0 spiro atoms. The summed E-state index contributed by atoms with van der Waals surface area (Å²) in [6, 6.07) is 1.63. The third kappa shape index (κ3) is 1.89. The minimum absolute atomic E-state index is 0.331. The van der Waals surface area contributed by atoms with Crippen LogP contribution < -0.4 is 5.73 Å². The maximum Gasteiger partial charge on any atom is 0.0501 e. The van der Waals surface area contributed by atoms with Gasteiger partial charge in [0, 0.05) is 25.2 Å². The molecule has 3 heteroatoms. The highest BCUT2D eigenvalue weighted by atomic mass is 15.3. The maximum absolute atomic E-state index is 6.41. The number of hydrogen-bond acceptors (Lipinski definition) is 3. The van der Waals surface area contributed by atoms with Crippen LogP contribution in [0.25, 0.3) is 0 Å². The van der Waals surface area contributed by atoms with Gasteiger partial charge in [0.1, 0.15) is 0 Å². The molecule has 0 aromatic carbocycles. The van der Waals surface area contributed by atoms with E-state index in [0.717, 1.165) is 24.5 Å². The second kappa shape index (κ2) is 5.26. The van der Waals surface area contributed by atoms with Crippen molar-refractivity contribution in [3.05, 3.63) is 0 Å². The molecule has 0 amide bonds. The number of nitrogens with two attached hydrogens (primary N) is 1. The van der Waals surface area contributed by atoms with E-state index in [2.05, 4.69) is 9.80 Å². The molecule has 4 rings (SSSR count). The SMILES string of the molecule is NCC1(N2CCCC3CCCCC32)CCN2CCCC21. The first-order valence-electron chi connectivity index (χ1n) is 9.06. The Bertz CT molecular complexity index is 356. The van der Waals surface area contributed by atoms with Gasteiger partial charge in [-0.05, 0) is 64.0 Å². The lowest BCUT2D eigenvalue weighted by molar-refractivity contribution is -0.0375. The molecule has 2 N–H and O–H groups in total. The van der Waals surface area contributed by atoms with Crippen LogP contribution in [0.5, 0.6) is 0 Å². The molecule has 0 radical (unpaired) electrons. The fourth-order valence-corrected chi connectivity index (χ4v) is 6.07. The lowest BCUT2D eigenvalue weighted by atomic mass is 9.74. The van der Waals surface area contributed by atoms with E-state index in [1.165, 1.54) is 77.4 Å². The number of fused-ring (bicyclic) bond motifs is 2. The summed E-state index contributed by atoms with van der Waals surface area (Å²) < 4.78 is 0. The molecule has 114 valence electrons. The number of rotatable bonds is 2. The highest BCUT2D eigenvalue weighted by molar-refractivity contribution is 5.12. The van der Waals surface area contributed by atoms with Crippen molar-refractivity contribution >= 4 is 0 Å². The fraction of sp³-hybridized carbons (Fsp3) is 1.00. The Hall–Kier alpha value is -0.120. The van der Waals surface area contributed by atoms with Crippen LogP contribution in [0.3, 0.4) is 0 Å². The zero-order valence-corrected chi connectivity index (χ0v) is 12.9. The van der Waals surface area contributed by atoms with Gasteiger partial charge in [-0.3, -0.25) is 9.80 Å². The van der Waals surface area contributed by atoms with Gasteiger partial charge in [0.25, 0.3) is 0 Å². The number of piperidine rings is 1. The molecule has 0 aromatic heterocycles. The van der Waals surface area contributed by atoms with Crippen LogP contribution in [0, 0.1) is 5.92 Å². The summed E-state index contributed by atoms with van der Waals surface area (Å²) in [6.07, 6.45) is 12.9. The molecule has 3 nitrogen and oxygen atoms in total. The summed E-state index contributed by atoms with van der Waals surface area (Å²) >= 11 is 0.